The van der Waals surface area contributed by atoms with Crippen molar-refractivity contribution in [3.8, 4) is 11.5 Å². The summed E-state index contributed by atoms with van der Waals surface area (Å²) >= 11 is 3.07. The molecule has 0 radical (unpaired) electrons. The molecule has 0 saturated heterocycles. The smallest absolute Gasteiger partial charge is 0.235 e. The summed E-state index contributed by atoms with van der Waals surface area (Å²) in [7, 11) is 2.83. The second-order valence-electron chi connectivity index (χ2n) is 2.79. The number of benzene rings is 1. The van der Waals surface area contributed by atoms with Gasteiger partial charge in [0, 0.05) is 11.6 Å². The largest absolute Gasteiger partial charge is 0.493 e. The summed E-state index contributed by atoms with van der Waals surface area (Å²) in [5, 5.41) is 0. The molecule has 1 aromatic carbocycles. The van der Waals surface area contributed by atoms with Crippen LogP contribution in [0.2, 0.25) is 0 Å². The number of halogens is 2. The minimum Gasteiger partial charge on any atom is -0.493 e. The van der Waals surface area contributed by atoms with Crippen molar-refractivity contribution in [2.75, 3.05) is 14.2 Å². The quantitative estimate of drug-likeness (QED) is 0.632. The number of ether oxygens (including phenoxy) is 2. The van der Waals surface area contributed by atoms with E-state index in [1.165, 1.54) is 26.4 Å². The van der Waals surface area contributed by atoms with Crippen molar-refractivity contribution in [3.05, 3.63) is 21.9 Å². The van der Waals surface area contributed by atoms with Gasteiger partial charge in [-0.15, -0.1) is 0 Å². The highest BCUT2D eigenvalue weighted by molar-refractivity contribution is 9.10. The number of methoxy groups -OCH3 is 2. The van der Waals surface area contributed by atoms with E-state index in [4.69, 9.17) is 9.47 Å². The van der Waals surface area contributed by atoms with Crippen LogP contribution in [0.4, 0.5) is 4.39 Å². The highest BCUT2D eigenvalue weighted by atomic mass is 79.9. The van der Waals surface area contributed by atoms with Crippen molar-refractivity contribution in [2.24, 2.45) is 4.99 Å². The minimum atomic E-state index is -0.506. The number of carbonyl (C=O) groups excluding carboxylic acids is 1. The Bertz CT molecular complexity index is 444. The van der Waals surface area contributed by atoms with Crippen LogP contribution in [0.1, 0.15) is 5.56 Å². The Balaban J connectivity index is 3.39. The van der Waals surface area contributed by atoms with E-state index in [-0.39, 0.29) is 16.8 Å². The molecule has 0 N–H and O–H groups in total. The third-order valence-electron chi connectivity index (χ3n) is 1.96. The topological polar surface area (TPSA) is 47.9 Å². The van der Waals surface area contributed by atoms with Crippen molar-refractivity contribution in [2.45, 2.75) is 6.54 Å². The Hall–Kier alpha value is -1.39. The van der Waals surface area contributed by atoms with Crippen molar-refractivity contribution in [1.29, 1.82) is 0 Å². The Labute approximate surface area is 100 Å². The first-order valence-electron chi connectivity index (χ1n) is 4.28. The van der Waals surface area contributed by atoms with Gasteiger partial charge in [0.25, 0.3) is 0 Å². The maximum Gasteiger partial charge on any atom is 0.235 e. The second-order valence-corrected chi connectivity index (χ2v) is 3.59. The average molecular weight is 290 g/mol. The first-order valence-corrected chi connectivity index (χ1v) is 5.07. The molecule has 86 valence electrons. The van der Waals surface area contributed by atoms with Crippen LogP contribution in [-0.2, 0) is 11.3 Å². The fraction of sp³-hybridized carbons (Fsp3) is 0.300. The van der Waals surface area contributed by atoms with E-state index < -0.39 is 5.82 Å². The fourth-order valence-electron chi connectivity index (χ4n) is 1.26. The summed E-state index contributed by atoms with van der Waals surface area (Å²) in [6.45, 7) is -0.0264. The van der Waals surface area contributed by atoms with Crippen molar-refractivity contribution < 1.29 is 18.7 Å². The Morgan fingerprint density at radius 1 is 1.50 bits per heavy atom. The lowest BCUT2D eigenvalue weighted by Gasteiger charge is -2.13. The highest BCUT2D eigenvalue weighted by Gasteiger charge is 2.17. The third-order valence-corrected chi connectivity index (χ3v) is 2.81. The summed E-state index contributed by atoms with van der Waals surface area (Å²) in [5.41, 5.74) is 0.405. The first-order chi connectivity index (χ1) is 7.65. The van der Waals surface area contributed by atoms with Gasteiger partial charge in [-0.2, -0.15) is 0 Å². The zero-order chi connectivity index (χ0) is 12.1. The lowest BCUT2D eigenvalue weighted by molar-refractivity contribution is 0.348. The summed E-state index contributed by atoms with van der Waals surface area (Å²) in [5.74, 6) is 0.0859. The molecule has 6 heteroatoms. The van der Waals surface area contributed by atoms with Gasteiger partial charge < -0.3 is 9.47 Å². The molecule has 0 heterocycles. The van der Waals surface area contributed by atoms with Gasteiger partial charge in [0.15, 0.2) is 11.5 Å². The number of nitrogens with zero attached hydrogens (tertiary/aromatic N) is 1. The number of hydrogen-bond acceptors (Lipinski definition) is 4. The van der Waals surface area contributed by atoms with E-state index in [2.05, 4.69) is 20.9 Å². The number of isocyanates is 1. The summed E-state index contributed by atoms with van der Waals surface area (Å²) < 4.78 is 23.7. The standard InChI is InChI=1S/C10H9BrFNO3/c1-15-8-3-7(12)9(11)6(4-13-5-14)10(8)16-2/h3H,4H2,1-2H3. The van der Waals surface area contributed by atoms with E-state index in [0.29, 0.717) is 11.3 Å². The second kappa shape index (κ2) is 5.63. The molecule has 0 aliphatic rings. The molecule has 0 aromatic heterocycles. The molecule has 0 atom stereocenters. The third kappa shape index (κ3) is 2.40. The summed E-state index contributed by atoms with van der Waals surface area (Å²) in [6.07, 6.45) is 1.39. The Kier molecular flexibility index (Phi) is 4.46. The molecule has 0 spiro atoms. The summed E-state index contributed by atoms with van der Waals surface area (Å²) in [6, 6.07) is 1.19. The van der Waals surface area contributed by atoms with Crippen LogP contribution in [0, 0.1) is 5.82 Å². The van der Waals surface area contributed by atoms with E-state index in [1.807, 2.05) is 0 Å². The van der Waals surface area contributed by atoms with Crippen LogP contribution in [0.25, 0.3) is 0 Å². The maximum atomic E-state index is 13.4. The lowest BCUT2D eigenvalue weighted by atomic mass is 10.1. The van der Waals surface area contributed by atoms with Gasteiger partial charge in [-0.05, 0) is 15.9 Å². The zero-order valence-electron chi connectivity index (χ0n) is 8.71. The Morgan fingerprint density at radius 2 is 2.19 bits per heavy atom. The van der Waals surface area contributed by atoms with Gasteiger partial charge in [-0.3, -0.25) is 0 Å². The molecule has 1 aromatic rings. The van der Waals surface area contributed by atoms with Gasteiger partial charge in [-0.1, -0.05) is 0 Å². The van der Waals surface area contributed by atoms with E-state index in [0.717, 1.165) is 0 Å². The molecule has 0 aliphatic heterocycles. The number of aliphatic imine (C=N–C) groups is 1. The van der Waals surface area contributed by atoms with Crippen molar-refractivity contribution in [3.63, 3.8) is 0 Å². The predicted molar refractivity (Wildman–Crippen MR) is 59.0 cm³/mol. The average Bonchev–Trinajstić information content (AvgIpc) is 2.30. The molecule has 0 amide bonds. The van der Waals surface area contributed by atoms with Crippen LogP contribution >= 0.6 is 15.9 Å². The Morgan fingerprint density at radius 3 is 2.69 bits per heavy atom. The van der Waals surface area contributed by atoms with E-state index in [1.54, 1.807) is 0 Å². The van der Waals surface area contributed by atoms with Crippen molar-refractivity contribution in [1.82, 2.24) is 0 Å². The molecule has 0 bridgehead atoms. The van der Waals surface area contributed by atoms with Crippen LogP contribution in [-0.4, -0.2) is 20.3 Å². The minimum absolute atomic E-state index is 0.0264. The SMILES string of the molecule is COc1cc(F)c(Br)c(CN=C=O)c1OC. The molecule has 0 fully saturated rings. The highest BCUT2D eigenvalue weighted by Crippen LogP contribution is 2.38. The predicted octanol–water partition coefficient (Wildman–Crippen LogP) is 2.44. The zero-order valence-corrected chi connectivity index (χ0v) is 10.3. The monoisotopic (exact) mass is 289 g/mol. The van der Waals surface area contributed by atoms with Gasteiger partial charge >= 0.3 is 0 Å². The van der Waals surface area contributed by atoms with Crippen LogP contribution in [0.5, 0.6) is 11.5 Å². The molecule has 16 heavy (non-hydrogen) atoms. The van der Waals surface area contributed by atoms with Gasteiger partial charge in [-0.25, -0.2) is 14.2 Å². The molecular weight excluding hydrogens is 281 g/mol. The molecule has 0 unspecified atom stereocenters. The molecule has 0 aliphatic carbocycles. The molecule has 4 nitrogen and oxygen atoms in total. The molecular formula is C10H9BrFNO3. The van der Waals surface area contributed by atoms with Crippen LogP contribution < -0.4 is 9.47 Å². The van der Waals surface area contributed by atoms with Gasteiger partial charge in [0.1, 0.15) is 5.82 Å². The maximum absolute atomic E-state index is 13.4. The van der Waals surface area contributed by atoms with Gasteiger partial charge in [0.2, 0.25) is 6.08 Å². The summed E-state index contributed by atoms with van der Waals surface area (Å²) in [4.78, 5) is 13.4. The van der Waals surface area contributed by atoms with E-state index in [9.17, 15) is 9.18 Å². The van der Waals surface area contributed by atoms with E-state index >= 15 is 0 Å². The fourth-order valence-corrected chi connectivity index (χ4v) is 1.68. The van der Waals surface area contributed by atoms with Gasteiger partial charge in [0.05, 0.1) is 25.2 Å². The molecule has 0 saturated carbocycles. The normalized spacial score (nSPS) is 9.50. The number of rotatable bonds is 4. The van der Waals surface area contributed by atoms with Crippen molar-refractivity contribution >= 4 is 22.0 Å². The molecule has 1 rings (SSSR count). The van der Waals surface area contributed by atoms with Crippen LogP contribution in [0.15, 0.2) is 15.5 Å². The van der Waals surface area contributed by atoms with Crippen LogP contribution in [0.3, 0.4) is 0 Å². The number of hydrogen-bond donors (Lipinski definition) is 0. The first kappa shape index (κ1) is 12.7. The lowest BCUT2D eigenvalue weighted by Crippen LogP contribution is -1.99.